The van der Waals surface area contributed by atoms with E-state index in [-0.39, 0.29) is 12.5 Å². The summed E-state index contributed by atoms with van der Waals surface area (Å²) in [6.07, 6.45) is 1.99. The minimum Gasteiger partial charge on any atom is -0.481 e. The van der Waals surface area contributed by atoms with Gasteiger partial charge in [-0.25, -0.2) is 0 Å². The molecule has 0 fully saturated rings. The highest BCUT2D eigenvalue weighted by atomic mass is 35.5. The summed E-state index contributed by atoms with van der Waals surface area (Å²) in [7, 11) is 0. The Morgan fingerprint density at radius 3 is 2.63 bits per heavy atom. The Hall–Kier alpha value is -1.26. The van der Waals surface area contributed by atoms with Gasteiger partial charge in [0.25, 0.3) is 5.91 Å². The summed E-state index contributed by atoms with van der Waals surface area (Å²) in [6.45, 7) is 2.51. The van der Waals surface area contributed by atoms with Crippen LogP contribution in [-0.2, 0) is 4.79 Å². The molecule has 5 heteroatoms. The zero-order valence-electron chi connectivity index (χ0n) is 11.1. The van der Waals surface area contributed by atoms with Crippen molar-refractivity contribution in [3.8, 4) is 5.75 Å². The van der Waals surface area contributed by atoms with Crippen molar-refractivity contribution >= 4 is 17.5 Å². The van der Waals surface area contributed by atoms with E-state index in [1.807, 2.05) is 0 Å². The molecule has 0 aliphatic heterocycles. The number of carbonyl (C=O) groups excluding carboxylic acids is 1. The van der Waals surface area contributed by atoms with Crippen LogP contribution >= 0.6 is 11.6 Å². The van der Waals surface area contributed by atoms with Crippen LogP contribution < -0.4 is 10.1 Å². The van der Waals surface area contributed by atoms with Crippen molar-refractivity contribution in [3.63, 3.8) is 0 Å². The summed E-state index contributed by atoms with van der Waals surface area (Å²) in [5.74, 6) is 0.478. The van der Waals surface area contributed by atoms with E-state index < -0.39 is 6.10 Å². The highest BCUT2D eigenvalue weighted by molar-refractivity contribution is 6.30. The minimum absolute atomic E-state index is 0.140. The largest absolute Gasteiger partial charge is 0.481 e. The van der Waals surface area contributed by atoms with Crippen molar-refractivity contribution in [1.29, 1.82) is 0 Å². The van der Waals surface area contributed by atoms with Crippen LogP contribution in [0.15, 0.2) is 24.3 Å². The molecular weight excluding hydrogens is 266 g/mol. The van der Waals surface area contributed by atoms with Crippen LogP contribution in [0.3, 0.4) is 0 Å². The number of nitrogens with one attached hydrogen (secondary N) is 1. The van der Waals surface area contributed by atoms with E-state index in [0.717, 1.165) is 19.3 Å². The number of unbranched alkanes of at least 4 members (excludes halogenated alkanes) is 2. The van der Waals surface area contributed by atoms with Crippen molar-refractivity contribution in [1.82, 2.24) is 5.32 Å². The van der Waals surface area contributed by atoms with Gasteiger partial charge in [0.15, 0.2) is 6.10 Å². The summed E-state index contributed by atoms with van der Waals surface area (Å²) >= 11 is 5.77. The highest BCUT2D eigenvalue weighted by Crippen LogP contribution is 2.16. The molecule has 1 aromatic rings. The average Bonchev–Trinajstić information content (AvgIpc) is 2.41. The van der Waals surface area contributed by atoms with Gasteiger partial charge in [0.2, 0.25) is 0 Å². The Bertz CT molecular complexity index is 381. The Kier molecular flexibility index (Phi) is 7.30. The molecule has 1 atom stereocenters. The van der Waals surface area contributed by atoms with Gasteiger partial charge in [0.1, 0.15) is 5.75 Å². The first kappa shape index (κ1) is 15.8. The lowest BCUT2D eigenvalue weighted by molar-refractivity contribution is -0.127. The monoisotopic (exact) mass is 285 g/mol. The maximum atomic E-state index is 11.7. The lowest BCUT2D eigenvalue weighted by Crippen LogP contribution is -2.36. The third kappa shape index (κ3) is 6.45. The maximum absolute atomic E-state index is 11.7. The third-order valence-electron chi connectivity index (χ3n) is 2.63. The number of hydrogen-bond donors (Lipinski definition) is 2. The van der Waals surface area contributed by atoms with E-state index in [1.165, 1.54) is 0 Å². The lowest BCUT2D eigenvalue weighted by atomic mass is 10.2. The molecule has 106 valence electrons. The topological polar surface area (TPSA) is 58.6 Å². The number of halogens is 1. The van der Waals surface area contributed by atoms with Crippen LogP contribution in [0.1, 0.15) is 26.2 Å². The SMILES string of the molecule is CC(Oc1ccc(Cl)cc1)C(=O)NCCCCCO. The number of rotatable bonds is 8. The second-order valence-electron chi connectivity index (χ2n) is 4.29. The third-order valence-corrected chi connectivity index (χ3v) is 2.88. The van der Waals surface area contributed by atoms with Gasteiger partial charge in [-0.1, -0.05) is 11.6 Å². The average molecular weight is 286 g/mol. The van der Waals surface area contributed by atoms with Gasteiger partial charge < -0.3 is 15.2 Å². The van der Waals surface area contributed by atoms with Crippen LogP contribution in [0.2, 0.25) is 5.02 Å². The first-order chi connectivity index (χ1) is 9.13. The zero-order chi connectivity index (χ0) is 14.1. The van der Waals surface area contributed by atoms with E-state index in [2.05, 4.69) is 5.32 Å². The molecule has 0 spiro atoms. The zero-order valence-corrected chi connectivity index (χ0v) is 11.8. The fourth-order valence-corrected chi connectivity index (χ4v) is 1.67. The number of carbonyl (C=O) groups is 1. The van der Waals surface area contributed by atoms with Gasteiger partial charge in [-0.3, -0.25) is 4.79 Å². The number of aliphatic hydroxyl groups is 1. The second-order valence-corrected chi connectivity index (χ2v) is 4.73. The van der Waals surface area contributed by atoms with Crippen molar-refractivity contribution in [3.05, 3.63) is 29.3 Å². The van der Waals surface area contributed by atoms with Crippen LogP contribution in [0, 0.1) is 0 Å². The molecular formula is C14H20ClNO3. The molecule has 0 heterocycles. The lowest BCUT2D eigenvalue weighted by Gasteiger charge is -2.14. The molecule has 0 aliphatic carbocycles. The van der Waals surface area contributed by atoms with E-state index >= 15 is 0 Å². The number of amides is 1. The molecule has 2 N–H and O–H groups in total. The smallest absolute Gasteiger partial charge is 0.260 e. The van der Waals surface area contributed by atoms with E-state index in [0.29, 0.717) is 17.3 Å². The molecule has 1 rings (SSSR count). The Labute approximate surface area is 118 Å². The Balaban J connectivity index is 2.26. The van der Waals surface area contributed by atoms with Gasteiger partial charge in [-0.2, -0.15) is 0 Å². The van der Waals surface area contributed by atoms with Crippen LogP contribution in [0.25, 0.3) is 0 Å². The van der Waals surface area contributed by atoms with Crippen LogP contribution in [-0.4, -0.2) is 30.3 Å². The van der Waals surface area contributed by atoms with Gasteiger partial charge in [0.05, 0.1) is 0 Å². The second kappa shape index (κ2) is 8.77. The van der Waals surface area contributed by atoms with Gasteiger partial charge in [-0.15, -0.1) is 0 Å². The van der Waals surface area contributed by atoms with Gasteiger partial charge in [0, 0.05) is 18.2 Å². The summed E-state index contributed by atoms with van der Waals surface area (Å²) in [5, 5.41) is 12.1. The molecule has 0 saturated carbocycles. The summed E-state index contributed by atoms with van der Waals surface area (Å²) in [6, 6.07) is 6.90. The minimum atomic E-state index is -0.543. The van der Waals surface area contributed by atoms with Gasteiger partial charge >= 0.3 is 0 Å². The van der Waals surface area contributed by atoms with Crippen LogP contribution in [0.5, 0.6) is 5.75 Å². The van der Waals surface area contributed by atoms with Crippen molar-refractivity contribution < 1.29 is 14.6 Å². The molecule has 19 heavy (non-hydrogen) atoms. The highest BCUT2D eigenvalue weighted by Gasteiger charge is 2.13. The molecule has 1 amide bonds. The van der Waals surface area contributed by atoms with Crippen molar-refractivity contribution in [2.75, 3.05) is 13.2 Å². The Morgan fingerprint density at radius 1 is 1.32 bits per heavy atom. The van der Waals surface area contributed by atoms with Crippen molar-refractivity contribution in [2.24, 2.45) is 0 Å². The molecule has 0 aliphatic rings. The fraction of sp³-hybridized carbons (Fsp3) is 0.500. The molecule has 1 unspecified atom stereocenters. The van der Waals surface area contributed by atoms with E-state index in [9.17, 15) is 4.79 Å². The quantitative estimate of drug-likeness (QED) is 0.721. The summed E-state index contributed by atoms with van der Waals surface area (Å²) in [4.78, 5) is 11.7. The summed E-state index contributed by atoms with van der Waals surface area (Å²) < 4.78 is 5.50. The number of ether oxygens (including phenoxy) is 1. The van der Waals surface area contributed by atoms with Crippen LogP contribution in [0.4, 0.5) is 0 Å². The molecule has 0 bridgehead atoms. The van der Waals surface area contributed by atoms with Gasteiger partial charge in [-0.05, 0) is 50.5 Å². The molecule has 1 aromatic carbocycles. The summed E-state index contributed by atoms with van der Waals surface area (Å²) in [5.41, 5.74) is 0. The molecule has 4 nitrogen and oxygen atoms in total. The first-order valence-corrected chi connectivity index (χ1v) is 6.82. The normalized spacial score (nSPS) is 11.9. The predicted octanol–water partition coefficient (Wildman–Crippen LogP) is 2.39. The van der Waals surface area contributed by atoms with Crippen molar-refractivity contribution in [2.45, 2.75) is 32.3 Å². The molecule has 0 saturated heterocycles. The number of benzene rings is 1. The number of aliphatic hydroxyl groups excluding tert-OH is 1. The number of hydrogen-bond acceptors (Lipinski definition) is 3. The Morgan fingerprint density at radius 2 is 2.00 bits per heavy atom. The first-order valence-electron chi connectivity index (χ1n) is 6.44. The standard InChI is InChI=1S/C14H20ClNO3/c1-11(14(18)16-9-3-2-4-10-17)19-13-7-5-12(15)6-8-13/h5-8,11,17H,2-4,9-10H2,1H3,(H,16,18). The molecule has 0 radical (unpaired) electrons. The van der Waals surface area contributed by atoms with E-state index in [4.69, 9.17) is 21.4 Å². The maximum Gasteiger partial charge on any atom is 0.260 e. The van der Waals surface area contributed by atoms with E-state index in [1.54, 1.807) is 31.2 Å². The predicted molar refractivity (Wildman–Crippen MR) is 75.5 cm³/mol. The fourth-order valence-electron chi connectivity index (χ4n) is 1.54. The molecule has 0 aromatic heterocycles.